The van der Waals surface area contributed by atoms with Crippen molar-refractivity contribution in [1.29, 1.82) is 0 Å². The van der Waals surface area contributed by atoms with Gasteiger partial charge in [-0.15, -0.1) is 0 Å². The quantitative estimate of drug-likeness (QED) is 0.643. The Morgan fingerprint density at radius 2 is 1.62 bits per heavy atom. The fourth-order valence-electron chi connectivity index (χ4n) is 2.01. The number of nitrogens with one attached hydrogen (secondary N) is 1. The van der Waals surface area contributed by atoms with Crippen LogP contribution in [-0.4, -0.2) is 33.5 Å². The summed E-state index contributed by atoms with van der Waals surface area (Å²) in [6.45, 7) is 0. The number of nitrogens with zero attached hydrogens (tertiary/aromatic N) is 1. The van der Waals surface area contributed by atoms with Gasteiger partial charge < -0.3 is 14.2 Å². The summed E-state index contributed by atoms with van der Waals surface area (Å²) in [5, 5.41) is 4.50. The summed E-state index contributed by atoms with van der Waals surface area (Å²) in [7, 11) is 4.58. The highest BCUT2D eigenvalue weighted by atomic mass is 35.5. The average molecular weight is 349 g/mol. The zero-order chi connectivity index (χ0) is 17.5. The standard InChI is InChI=1S/C17H17ClN2O4/c1-22-14-8-11(9-15(23-2)16(14)24-3)10-19-20-17(21)12-4-6-13(18)7-5-12/h4-10H,1-3H3,(H,20,21). The van der Waals surface area contributed by atoms with Gasteiger partial charge in [-0.25, -0.2) is 5.43 Å². The Labute approximate surface area is 145 Å². The van der Waals surface area contributed by atoms with E-state index < -0.39 is 0 Å². The fourth-order valence-corrected chi connectivity index (χ4v) is 2.13. The molecule has 7 heteroatoms. The largest absolute Gasteiger partial charge is 0.493 e. The van der Waals surface area contributed by atoms with Crippen LogP contribution >= 0.6 is 11.6 Å². The molecule has 0 atom stereocenters. The Kier molecular flexibility index (Phi) is 6.03. The Morgan fingerprint density at radius 1 is 1.04 bits per heavy atom. The van der Waals surface area contributed by atoms with E-state index in [2.05, 4.69) is 10.5 Å². The summed E-state index contributed by atoms with van der Waals surface area (Å²) in [6.07, 6.45) is 1.48. The molecule has 0 saturated carbocycles. The number of benzene rings is 2. The van der Waals surface area contributed by atoms with Crippen LogP contribution in [0.25, 0.3) is 0 Å². The number of hydrogen-bond donors (Lipinski definition) is 1. The zero-order valence-electron chi connectivity index (χ0n) is 13.5. The fraction of sp³-hybridized carbons (Fsp3) is 0.176. The second kappa shape index (κ2) is 8.21. The summed E-state index contributed by atoms with van der Waals surface area (Å²) < 4.78 is 15.8. The molecule has 24 heavy (non-hydrogen) atoms. The number of halogens is 1. The normalized spacial score (nSPS) is 10.5. The van der Waals surface area contributed by atoms with Crippen molar-refractivity contribution in [2.24, 2.45) is 5.10 Å². The number of hydrazone groups is 1. The van der Waals surface area contributed by atoms with Gasteiger partial charge in [0.05, 0.1) is 27.5 Å². The lowest BCUT2D eigenvalue weighted by Crippen LogP contribution is -2.17. The number of carbonyl (C=O) groups is 1. The number of hydrogen-bond acceptors (Lipinski definition) is 5. The average Bonchev–Trinajstić information content (AvgIpc) is 2.61. The summed E-state index contributed by atoms with van der Waals surface area (Å²) in [4.78, 5) is 12.0. The molecule has 0 aliphatic heterocycles. The van der Waals surface area contributed by atoms with Gasteiger partial charge in [-0.2, -0.15) is 5.10 Å². The van der Waals surface area contributed by atoms with Gasteiger partial charge in [-0.1, -0.05) is 11.6 Å². The molecule has 0 bridgehead atoms. The van der Waals surface area contributed by atoms with E-state index in [0.29, 0.717) is 33.4 Å². The zero-order valence-corrected chi connectivity index (χ0v) is 14.3. The highest BCUT2D eigenvalue weighted by Gasteiger charge is 2.12. The van der Waals surface area contributed by atoms with Gasteiger partial charge in [-0.3, -0.25) is 4.79 Å². The topological polar surface area (TPSA) is 69.2 Å². The lowest BCUT2D eigenvalue weighted by molar-refractivity contribution is 0.0955. The molecule has 0 radical (unpaired) electrons. The van der Waals surface area contributed by atoms with E-state index >= 15 is 0 Å². The Balaban J connectivity index is 2.14. The first-order valence-corrected chi connectivity index (χ1v) is 7.35. The minimum atomic E-state index is -0.338. The number of amides is 1. The van der Waals surface area contributed by atoms with E-state index in [-0.39, 0.29) is 5.91 Å². The second-order valence-electron chi connectivity index (χ2n) is 4.66. The lowest BCUT2D eigenvalue weighted by Gasteiger charge is -2.12. The third kappa shape index (κ3) is 4.17. The Hall–Kier alpha value is -2.73. The predicted molar refractivity (Wildman–Crippen MR) is 92.6 cm³/mol. The van der Waals surface area contributed by atoms with Crippen molar-refractivity contribution in [3.8, 4) is 17.2 Å². The molecule has 2 aromatic rings. The summed E-state index contributed by atoms with van der Waals surface area (Å²) in [5.74, 6) is 1.15. The molecule has 0 spiro atoms. The van der Waals surface area contributed by atoms with Crippen molar-refractivity contribution in [3.63, 3.8) is 0 Å². The van der Waals surface area contributed by atoms with Gasteiger partial charge in [-0.05, 0) is 36.4 Å². The monoisotopic (exact) mass is 348 g/mol. The Morgan fingerprint density at radius 3 is 2.12 bits per heavy atom. The van der Waals surface area contributed by atoms with Gasteiger partial charge in [0.2, 0.25) is 5.75 Å². The van der Waals surface area contributed by atoms with Crippen molar-refractivity contribution < 1.29 is 19.0 Å². The molecule has 126 valence electrons. The van der Waals surface area contributed by atoms with Crippen LogP contribution in [0.4, 0.5) is 0 Å². The van der Waals surface area contributed by atoms with Gasteiger partial charge in [0, 0.05) is 16.1 Å². The minimum Gasteiger partial charge on any atom is -0.493 e. The summed E-state index contributed by atoms with van der Waals surface area (Å²) in [6, 6.07) is 9.95. The molecule has 0 unspecified atom stereocenters. The third-order valence-electron chi connectivity index (χ3n) is 3.17. The Bertz CT molecular complexity index is 720. The van der Waals surface area contributed by atoms with E-state index in [9.17, 15) is 4.79 Å². The maximum atomic E-state index is 12.0. The van der Waals surface area contributed by atoms with E-state index in [1.54, 1.807) is 36.4 Å². The van der Waals surface area contributed by atoms with E-state index in [0.717, 1.165) is 0 Å². The van der Waals surface area contributed by atoms with Crippen LogP contribution in [-0.2, 0) is 0 Å². The van der Waals surface area contributed by atoms with Crippen LogP contribution in [0.3, 0.4) is 0 Å². The molecule has 0 aliphatic rings. The van der Waals surface area contributed by atoms with Gasteiger partial charge in [0.25, 0.3) is 5.91 Å². The smallest absolute Gasteiger partial charge is 0.271 e. The van der Waals surface area contributed by atoms with Crippen molar-refractivity contribution >= 4 is 23.7 Å². The molecule has 2 rings (SSSR count). The number of methoxy groups -OCH3 is 3. The maximum absolute atomic E-state index is 12.0. The second-order valence-corrected chi connectivity index (χ2v) is 5.10. The van der Waals surface area contributed by atoms with Crippen molar-refractivity contribution in [3.05, 3.63) is 52.5 Å². The maximum Gasteiger partial charge on any atom is 0.271 e. The molecule has 0 aromatic heterocycles. The van der Waals surface area contributed by atoms with Gasteiger partial charge in [0.1, 0.15) is 0 Å². The molecule has 1 amide bonds. The first-order chi connectivity index (χ1) is 11.6. The molecule has 0 heterocycles. The van der Waals surface area contributed by atoms with Gasteiger partial charge in [0.15, 0.2) is 11.5 Å². The van der Waals surface area contributed by atoms with Gasteiger partial charge >= 0.3 is 0 Å². The van der Waals surface area contributed by atoms with Crippen LogP contribution < -0.4 is 19.6 Å². The van der Waals surface area contributed by atoms with Crippen LogP contribution in [0.15, 0.2) is 41.5 Å². The highest BCUT2D eigenvalue weighted by Crippen LogP contribution is 2.37. The SMILES string of the molecule is COc1cc(C=NNC(=O)c2ccc(Cl)cc2)cc(OC)c1OC. The minimum absolute atomic E-state index is 0.338. The van der Waals surface area contributed by atoms with E-state index in [1.165, 1.54) is 27.5 Å². The molecule has 6 nitrogen and oxygen atoms in total. The summed E-state index contributed by atoms with van der Waals surface area (Å²) in [5.41, 5.74) is 3.59. The molecule has 1 N–H and O–H groups in total. The van der Waals surface area contributed by atoms with Crippen LogP contribution in [0.1, 0.15) is 15.9 Å². The highest BCUT2D eigenvalue weighted by molar-refractivity contribution is 6.30. The van der Waals surface area contributed by atoms with Crippen LogP contribution in [0.5, 0.6) is 17.2 Å². The van der Waals surface area contributed by atoms with E-state index in [4.69, 9.17) is 25.8 Å². The number of ether oxygens (including phenoxy) is 3. The number of carbonyl (C=O) groups excluding carboxylic acids is 1. The van der Waals surface area contributed by atoms with Crippen LogP contribution in [0.2, 0.25) is 5.02 Å². The first-order valence-electron chi connectivity index (χ1n) is 6.98. The molecule has 0 aliphatic carbocycles. The lowest BCUT2D eigenvalue weighted by atomic mass is 10.2. The number of rotatable bonds is 6. The predicted octanol–water partition coefficient (Wildman–Crippen LogP) is 3.13. The summed E-state index contributed by atoms with van der Waals surface area (Å²) >= 11 is 5.79. The van der Waals surface area contributed by atoms with Crippen molar-refractivity contribution in [1.82, 2.24) is 5.43 Å². The third-order valence-corrected chi connectivity index (χ3v) is 3.43. The van der Waals surface area contributed by atoms with E-state index in [1.807, 2.05) is 0 Å². The molecular formula is C17H17ClN2O4. The molecule has 0 fully saturated rings. The molecule has 2 aromatic carbocycles. The molecule has 0 saturated heterocycles. The molecular weight excluding hydrogens is 332 g/mol. The first kappa shape index (κ1) is 17.6. The van der Waals surface area contributed by atoms with Crippen LogP contribution in [0, 0.1) is 0 Å². The van der Waals surface area contributed by atoms with Crippen molar-refractivity contribution in [2.75, 3.05) is 21.3 Å². The van der Waals surface area contributed by atoms with Crippen molar-refractivity contribution in [2.45, 2.75) is 0 Å².